The van der Waals surface area contributed by atoms with Crippen LogP contribution in [0.5, 0.6) is 0 Å². The van der Waals surface area contributed by atoms with Crippen molar-refractivity contribution in [3.05, 3.63) is 192 Å². The first-order valence-corrected chi connectivity index (χ1v) is 15.9. The Morgan fingerprint density at radius 3 is 0.841 bits per heavy atom. The number of rotatable bonds is 8. The summed E-state index contributed by atoms with van der Waals surface area (Å²) in [5.74, 6) is 0. The predicted octanol–water partition coefficient (Wildman–Crippen LogP) is 6.68. The van der Waals surface area contributed by atoms with Gasteiger partial charge in [-0.3, -0.25) is 0 Å². The molecule has 0 saturated carbocycles. The summed E-state index contributed by atoms with van der Waals surface area (Å²) in [6.07, 6.45) is 0. The summed E-state index contributed by atoms with van der Waals surface area (Å²) in [6, 6.07) is 62.9. The number of hydrogen-bond acceptors (Lipinski definition) is 0. The first-order chi connectivity index (χ1) is 21.8. The van der Waals surface area contributed by atoms with E-state index in [0.717, 1.165) is 26.2 Å². The second-order valence-electron chi connectivity index (χ2n) is 12.0. The Hall–Kier alpha value is -4.76. The van der Waals surface area contributed by atoms with E-state index in [1.165, 1.54) is 44.5 Å². The van der Waals surface area contributed by atoms with Gasteiger partial charge in [0.1, 0.15) is 38.3 Å². The third-order valence-electron chi connectivity index (χ3n) is 9.32. The van der Waals surface area contributed by atoms with Gasteiger partial charge in [0.2, 0.25) is 0 Å². The van der Waals surface area contributed by atoms with Crippen molar-refractivity contribution in [1.29, 1.82) is 0 Å². The van der Waals surface area contributed by atoms with Gasteiger partial charge in [-0.1, -0.05) is 170 Å². The van der Waals surface area contributed by atoms with Crippen LogP contribution in [0.25, 0.3) is 22.3 Å². The normalized spacial score (nSPS) is 17.9. The minimum atomic E-state index is 0.322. The standard InChI is InChI=1S/C42H38N2/c1-5-13-33(14-6-1)35-21-25-39(26-22-35)41(37-17-9-3-10-18-37)43-29-31-44(32-30-43)42(38-19-11-4-12-20-38)40-27-23-36(24-28-40)34-15-7-2-8-16-34/h1-28,41-42H,29-32H2/p+2. The second-order valence-corrected chi connectivity index (χ2v) is 12.0. The summed E-state index contributed by atoms with van der Waals surface area (Å²) in [5, 5.41) is 0. The van der Waals surface area contributed by atoms with Crippen LogP contribution in [-0.4, -0.2) is 26.2 Å². The number of piperazine rings is 1. The van der Waals surface area contributed by atoms with E-state index in [2.05, 4.69) is 170 Å². The smallest absolute Gasteiger partial charge is 0.139 e. The van der Waals surface area contributed by atoms with Gasteiger partial charge < -0.3 is 9.80 Å². The van der Waals surface area contributed by atoms with Gasteiger partial charge >= 0.3 is 0 Å². The fraction of sp³-hybridized carbons (Fsp3) is 0.143. The summed E-state index contributed by atoms with van der Waals surface area (Å²) in [6.45, 7) is 4.50. The van der Waals surface area contributed by atoms with Crippen LogP contribution < -0.4 is 9.80 Å². The van der Waals surface area contributed by atoms with Crippen molar-refractivity contribution in [2.75, 3.05) is 26.2 Å². The Morgan fingerprint density at radius 2 is 0.523 bits per heavy atom. The molecule has 7 rings (SSSR count). The molecule has 0 bridgehead atoms. The van der Waals surface area contributed by atoms with Gasteiger partial charge in [0, 0.05) is 22.3 Å². The first kappa shape index (κ1) is 28.0. The van der Waals surface area contributed by atoms with E-state index in [1.54, 1.807) is 9.80 Å². The summed E-state index contributed by atoms with van der Waals surface area (Å²) in [7, 11) is 0. The lowest BCUT2D eigenvalue weighted by Crippen LogP contribution is -3.28. The molecule has 2 N–H and O–H groups in total. The molecule has 1 aliphatic rings. The highest BCUT2D eigenvalue weighted by Crippen LogP contribution is 2.26. The third kappa shape index (κ3) is 6.14. The molecule has 6 aromatic carbocycles. The first-order valence-electron chi connectivity index (χ1n) is 15.9. The van der Waals surface area contributed by atoms with Crippen molar-refractivity contribution in [1.82, 2.24) is 0 Å². The fourth-order valence-corrected chi connectivity index (χ4v) is 7.09. The Kier molecular flexibility index (Phi) is 8.45. The highest BCUT2D eigenvalue weighted by Gasteiger charge is 2.36. The van der Waals surface area contributed by atoms with Gasteiger partial charge in [-0.05, 0) is 22.3 Å². The van der Waals surface area contributed by atoms with Crippen molar-refractivity contribution in [2.24, 2.45) is 0 Å². The van der Waals surface area contributed by atoms with E-state index in [-0.39, 0.29) is 0 Å². The Labute approximate surface area is 261 Å². The van der Waals surface area contributed by atoms with Crippen LogP contribution >= 0.6 is 0 Å². The van der Waals surface area contributed by atoms with E-state index < -0.39 is 0 Å². The Balaban J connectivity index is 1.14. The molecule has 1 heterocycles. The predicted molar refractivity (Wildman–Crippen MR) is 182 cm³/mol. The molecule has 0 aliphatic carbocycles. The van der Waals surface area contributed by atoms with E-state index in [4.69, 9.17) is 0 Å². The number of hydrogen-bond donors (Lipinski definition) is 2. The van der Waals surface area contributed by atoms with Gasteiger partial charge in [-0.25, -0.2) is 0 Å². The molecule has 44 heavy (non-hydrogen) atoms. The molecule has 216 valence electrons. The van der Waals surface area contributed by atoms with Crippen LogP contribution in [0.1, 0.15) is 34.3 Å². The molecule has 2 atom stereocenters. The molecule has 2 heteroatoms. The SMILES string of the molecule is c1ccc(-c2ccc(C(c3ccccc3)[NH+]3CC[NH+](C(c4ccccc4)c4ccc(-c5ccccc5)cc4)CC3)cc2)cc1. The maximum Gasteiger partial charge on any atom is 0.139 e. The van der Waals surface area contributed by atoms with Gasteiger partial charge in [0.05, 0.1) is 0 Å². The van der Waals surface area contributed by atoms with Crippen LogP contribution in [0.4, 0.5) is 0 Å². The van der Waals surface area contributed by atoms with Crippen molar-refractivity contribution >= 4 is 0 Å². The molecule has 0 spiro atoms. The minimum Gasteiger partial charge on any atom is -0.316 e. The molecule has 1 fully saturated rings. The maximum atomic E-state index is 2.35. The quantitative estimate of drug-likeness (QED) is 0.201. The average molecular weight is 573 g/mol. The van der Waals surface area contributed by atoms with Gasteiger partial charge in [-0.2, -0.15) is 0 Å². The van der Waals surface area contributed by atoms with E-state index in [9.17, 15) is 0 Å². The number of benzene rings is 6. The zero-order valence-corrected chi connectivity index (χ0v) is 25.1. The van der Waals surface area contributed by atoms with Gasteiger partial charge in [-0.15, -0.1) is 0 Å². The van der Waals surface area contributed by atoms with Crippen LogP contribution in [0, 0.1) is 0 Å². The molecule has 2 nitrogen and oxygen atoms in total. The fourth-order valence-electron chi connectivity index (χ4n) is 7.09. The average Bonchev–Trinajstić information content (AvgIpc) is 3.11. The Morgan fingerprint density at radius 1 is 0.273 bits per heavy atom. The Bertz CT molecular complexity index is 1590. The van der Waals surface area contributed by atoms with Gasteiger partial charge in [0.25, 0.3) is 0 Å². The molecule has 2 unspecified atom stereocenters. The van der Waals surface area contributed by atoms with Crippen LogP contribution in [0.15, 0.2) is 170 Å². The number of quaternary nitrogens is 2. The van der Waals surface area contributed by atoms with E-state index in [1.807, 2.05) is 0 Å². The molecular formula is C42H40N2+2. The molecular weight excluding hydrogens is 532 g/mol. The second kappa shape index (κ2) is 13.3. The largest absolute Gasteiger partial charge is 0.316 e. The zero-order chi connectivity index (χ0) is 29.6. The van der Waals surface area contributed by atoms with Crippen molar-refractivity contribution < 1.29 is 9.80 Å². The summed E-state index contributed by atoms with van der Waals surface area (Å²) in [5.41, 5.74) is 10.7. The van der Waals surface area contributed by atoms with Gasteiger partial charge in [0.15, 0.2) is 0 Å². The summed E-state index contributed by atoms with van der Waals surface area (Å²) in [4.78, 5) is 3.30. The van der Waals surface area contributed by atoms with E-state index in [0.29, 0.717) is 12.1 Å². The molecule has 0 radical (unpaired) electrons. The lowest BCUT2D eigenvalue weighted by atomic mass is 9.93. The third-order valence-corrected chi connectivity index (χ3v) is 9.32. The van der Waals surface area contributed by atoms with Crippen molar-refractivity contribution in [3.8, 4) is 22.3 Å². The molecule has 6 aromatic rings. The summed E-state index contributed by atoms with van der Waals surface area (Å²) < 4.78 is 0. The highest BCUT2D eigenvalue weighted by atomic mass is 15.3. The monoisotopic (exact) mass is 572 g/mol. The lowest BCUT2D eigenvalue weighted by molar-refractivity contribution is -1.03. The van der Waals surface area contributed by atoms with Crippen molar-refractivity contribution in [3.63, 3.8) is 0 Å². The van der Waals surface area contributed by atoms with E-state index >= 15 is 0 Å². The van der Waals surface area contributed by atoms with Crippen LogP contribution in [-0.2, 0) is 0 Å². The molecule has 1 saturated heterocycles. The molecule has 0 amide bonds. The van der Waals surface area contributed by atoms with Crippen LogP contribution in [0.2, 0.25) is 0 Å². The van der Waals surface area contributed by atoms with Crippen molar-refractivity contribution in [2.45, 2.75) is 12.1 Å². The summed E-state index contributed by atoms with van der Waals surface area (Å²) >= 11 is 0. The molecule has 0 aromatic heterocycles. The topological polar surface area (TPSA) is 8.88 Å². The lowest BCUT2D eigenvalue weighted by Gasteiger charge is -2.38. The highest BCUT2D eigenvalue weighted by molar-refractivity contribution is 5.64. The molecule has 1 aliphatic heterocycles. The van der Waals surface area contributed by atoms with Crippen LogP contribution in [0.3, 0.4) is 0 Å². The number of nitrogens with one attached hydrogen (secondary N) is 2. The maximum absolute atomic E-state index is 2.35. The minimum absolute atomic E-state index is 0.322. The zero-order valence-electron chi connectivity index (χ0n) is 25.1.